The molecule has 0 saturated carbocycles. The van der Waals surface area contributed by atoms with E-state index in [0.29, 0.717) is 11.8 Å². The molecule has 2 heterocycles. The van der Waals surface area contributed by atoms with Gasteiger partial charge < -0.3 is 14.5 Å². The smallest absolute Gasteiger partial charge is 0.134 e. The Morgan fingerprint density at radius 2 is 2.04 bits per heavy atom. The SMILES string of the molecule is C/C(=N/O)c1cccc(-c2ccc3oc(CCN4CCC[C@H]4C)cc3c2)c1. The monoisotopic (exact) mass is 362 g/mol. The summed E-state index contributed by atoms with van der Waals surface area (Å²) in [6.07, 6.45) is 3.57. The molecule has 1 aliphatic heterocycles. The minimum Gasteiger partial charge on any atom is -0.461 e. The lowest BCUT2D eigenvalue weighted by molar-refractivity contribution is 0.266. The Balaban J connectivity index is 1.56. The molecule has 4 rings (SSSR count). The molecule has 0 bridgehead atoms. The summed E-state index contributed by atoms with van der Waals surface area (Å²) in [5.41, 5.74) is 4.71. The van der Waals surface area contributed by atoms with Gasteiger partial charge in [0.1, 0.15) is 11.3 Å². The van der Waals surface area contributed by atoms with E-state index in [1.165, 1.54) is 19.4 Å². The van der Waals surface area contributed by atoms with Gasteiger partial charge in [-0.3, -0.25) is 0 Å². The summed E-state index contributed by atoms with van der Waals surface area (Å²) < 4.78 is 6.05. The third-order valence-electron chi connectivity index (χ3n) is 5.67. The predicted octanol–water partition coefficient (Wildman–Crippen LogP) is 5.32. The molecule has 1 aromatic heterocycles. The second-order valence-corrected chi connectivity index (χ2v) is 7.51. The average Bonchev–Trinajstić information content (AvgIpc) is 3.30. The summed E-state index contributed by atoms with van der Waals surface area (Å²) in [7, 11) is 0. The number of likely N-dealkylation sites (tertiary alicyclic amines) is 1. The number of hydrogen-bond donors (Lipinski definition) is 1. The van der Waals surface area contributed by atoms with Crippen molar-refractivity contribution in [1.29, 1.82) is 0 Å². The van der Waals surface area contributed by atoms with Gasteiger partial charge in [-0.05, 0) is 74.2 Å². The fourth-order valence-corrected chi connectivity index (χ4v) is 3.96. The van der Waals surface area contributed by atoms with Gasteiger partial charge in [0.25, 0.3) is 0 Å². The van der Waals surface area contributed by atoms with Crippen molar-refractivity contribution in [2.45, 2.75) is 39.2 Å². The van der Waals surface area contributed by atoms with Crippen LogP contribution in [0.4, 0.5) is 0 Å². The first kappa shape index (κ1) is 17.8. The maximum Gasteiger partial charge on any atom is 0.134 e. The molecule has 0 amide bonds. The van der Waals surface area contributed by atoms with E-state index in [2.05, 4.69) is 41.2 Å². The van der Waals surface area contributed by atoms with Crippen LogP contribution in [0.2, 0.25) is 0 Å². The van der Waals surface area contributed by atoms with Crippen molar-refractivity contribution in [3.63, 3.8) is 0 Å². The molecule has 0 spiro atoms. The van der Waals surface area contributed by atoms with Gasteiger partial charge in [-0.1, -0.05) is 29.4 Å². The van der Waals surface area contributed by atoms with Crippen molar-refractivity contribution in [3.8, 4) is 11.1 Å². The molecule has 1 fully saturated rings. The molecule has 2 aromatic carbocycles. The summed E-state index contributed by atoms with van der Waals surface area (Å²) in [5, 5.41) is 13.4. The second kappa shape index (κ2) is 7.57. The molecule has 0 aliphatic carbocycles. The van der Waals surface area contributed by atoms with Gasteiger partial charge in [0.15, 0.2) is 0 Å². The third-order valence-corrected chi connectivity index (χ3v) is 5.67. The standard InChI is InChI=1S/C23H26N2O2/c1-16-5-4-11-25(16)12-10-22-15-21-14-20(8-9-23(21)27-22)19-7-3-6-18(13-19)17(2)24-26/h3,6-9,13-16,26H,4-5,10-12H2,1-2H3/b24-17-/t16-/m1/s1. The van der Waals surface area contributed by atoms with Gasteiger partial charge in [-0.2, -0.15) is 0 Å². The minimum absolute atomic E-state index is 0.611. The molecule has 3 aromatic rings. The van der Waals surface area contributed by atoms with Crippen LogP contribution in [0.3, 0.4) is 0 Å². The van der Waals surface area contributed by atoms with E-state index >= 15 is 0 Å². The molecule has 27 heavy (non-hydrogen) atoms. The van der Waals surface area contributed by atoms with Crippen LogP contribution in [-0.4, -0.2) is 35.0 Å². The van der Waals surface area contributed by atoms with Crippen LogP contribution in [0, 0.1) is 0 Å². The zero-order valence-corrected chi connectivity index (χ0v) is 16.0. The summed E-state index contributed by atoms with van der Waals surface area (Å²) in [6.45, 7) is 6.38. The van der Waals surface area contributed by atoms with Gasteiger partial charge >= 0.3 is 0 Å². The van der Waals surface area contributed by atoms with Crippen molar-refractivity contribution in [1.82, 2.24) is 4.90 Å². The number of nitrogens with zero attached hydrogens (tertiary/aromatic N) is 2. The Bertz CT molecular complexity index is 973. The van der Waals surface area contributed by atoms with Crippen LogP contribution in [0.1, 0.15) is 38.0 Å². The Kier molecular flexibility index (Phi) is 4.99. The molecular formula is C23H26N2O2. The lowest BCUT2D eigenvalue weighted by Crippen LogP contribution is -2.28. The number of hydrogen-bond acceptors (Lipinski definition) is 4. The zero-order valence-electron chi connectivity index (χ0n) is 16.0. The molecule has 1 aliphatic rings. The lowest BCUT2D eigenvalue weighted by Gasteiger charge is -2.19. The number of oxime groups is 1. The van der Waals surface area contributed by atoms with Crippen molar-refractivity contribution in [2.75, 3.05) is 13.1 Å². The van der Waals surface area contributed by atoms with Crippen LogP contribution >= 0.6 is 0 Å². The van der Waals surface area contributed by atoms with Crippen LogP contribution in [0.25, 0.3) is 22.1 Å². The van der Waals surface area contributed by atoms with E-state index < -0.39 is 0 Å². The molecule has 1 atom stereocenters. The Morgan fingerprint density at radius 1 is 1.19 bits per heavy atom. The van der Waals surface area contributed by atoms with Crippen LogP contribution in [0.15, 0.2) is 58.1 Å². The molecule has 1 saturated heterocycles. The first-order valence-electron chi connectivity index (χ1n) is 9.70. The van der Waals surface area contributed by atoms with Crippen LogP contribution in [-0.2, 0) is 6.42 Å². The summed E-state index contributed by atoms with van der Waals surface area (Å²) in [6, 6.07) is 17.2. The molecule has 4 heteroatoms. The summed E-state index contributed by atoms with van der Waals surface area (Å²) >= 11 is 0. The molecule has 1 N–H and O–H groups in total. The summed E-state index contributed by atoms with van der Waals surface area (Å²) in [5.74, 6) is 1.05. The predicted molar refractivity (Wildman–Crippen MR) is 110 cm³/mol. The fourth-order valence-electron chi connectivity index (χ4n) is 3.96. The van der Waals surface area contributed by atoms with Crippen molar-refractivity contribution in [2.24, 2.45) is 5.16 Å². The van der Waals surface area contributed by atoms with E-state index in [1.54, 1.807) is 6.92 Å². The Morgan fingerprint density at radius 3 is 2.81 bits per heavy atom. The highest BCUT2D eigenvalue weighted by Crippen LogP contribution is 2.28. The molecule has 140 valence electrons. The summed E-state index contributed by atoms with van der Waals surface area (Å²) in [4.78, 5) is 2.55. The third kappa shape index (κ3) is 3.76. The molecule has 0 unspecified atom stereocenters. The average molecular weight is 362 g/mol. The first-order chi connectivity index (χ1) is 13.1. The zero-order chi connectivity index (χ0) is 18.8. The van der Waals surface area contributed by atoms with Gasteiger partial charge in [-0.25, -0.2) is 0 Å². The van der Waals surface area contributed by atoms with E-state index in [4.69, 9.17) is 9.62 Å². The van der Waals surface area contributed by atoms with Crippen LogP contribution < -0.4 is 0 Å². The highest BCUT2D eigenvalue weighted by molar-refractivity contribution is 5.99. The maximum atomic E-state index is 9.01. The highest BCUT2D eigenvalue weighted by atomic mass is 16.4. The van der Waals surface area contributed by atoms with E-state index in [9.17, 15) is 0 Å². The second-order valence-electron chi connectivity index (χ2n) is 7.51. The maximum absolute atomic E-state index is 9.01. The lowest BCUT2D eigenvalue weighted by atomic mass is 10.0. The van der Waals surface area contributed by atoms with Gasteiger partial charge in [0.05, 0.1) is 5.71 Å². The Hall–Kier alpha value is -2.59. The number of furan rings is 1. The molecule has 4 nitrogen and oxygen atoms in total. The van der Waals surface area contributed by atoms with Gasteiger partial charge in [0.2, 0.25) is 0 Å². The van der Waals surface area contributed by atoms with Gasteiger partial charge in [0, 0.05) is 24.4 Å². The Labute approximate surface area is 160 Å². The van der Waals surface area contributed by atoms with Crippen molar-refractivity contribution < 1.29 is 9.62 Å². The topological polar surface area (TPSA) is 49.0 Å². The largest absolute Gasteiger partial charge is 0.461 e. The fraction of sp³-hybridized carbons (Fsp3) is 0.348. The van der Waals surface area contributed by atoms with E-state index in [-0.39, 0.29) is 0 Å². The number of fused-ring (bicyclic) bond motifs is 1. The van der Waals surface area contributed by atoms with Crippen molar-refractivity contribution in [3.05, 3.63) is 59.9 Å². The quantitative estimate of drug-likeness (QED) is 0.379. The number of rotatable bonds is 5. The van der Waals surface area contributed by atoms with Crippen LogP contribution in [0.5, 0.6) is 0 Å². The van der Waals surface area contributed by atoms with Crippen molar-refractivity contribution >= 4 is 16.7 Å². The van der Waals surface area contributed by atoms with Gasteiger partial charge in [-0.15, -0.1) is 0 Å². The first-order valence-corrected chi connectivity index (χ1v) is 9.70. The van der Waals surface area contributed by atoms with E-state index in [0.717, 1.165) is 46.4 Å². The highest BCUT2D eigenvalue weighted by Gasteiger charge is 2.20. The van der Waals surface area contributed by atoms with E-state index in [1.807, 2.05) is 24.3 Å². The normalized spacial score (nSPS) is 18.4. The minimum atomic E-state index is 0.611. The number of benzene rings is 2. The molecule has 0 radical (unpaired) electrons. The molecular weight excluding hydrogens is 336 g/mol.